The molecule has 1 aromatic rings. The number of rotatable bonds is 2. The summed E-state index contributed by atoms with van der Waals surface area (Å²) in [6, 6.07) is 2.42. The first-order chi connectivity index (χ1) is 6.56. The Morgan fingerprint density at radius 3 is 2.71 bits per heavy atom. The average Bonchev–Trinajstić information content (AvgIpc) is 2.16. The number of alkyl halides is 2. The van der Waals surface area contributed by atoms with Crippen LogP contribution in [0.15, 0.2) is 12.3 Å². The Morgan fingerprint density at radius 2 is 2.29 bits per heavy atom. The molecule has 1 heterocycles. The summed E-state index contributed by atoms with van der Waals surface area (Å²) in [5, 5.41) is 16.9. The van der Waals surface area contributed by atoms with Gasteiger partial charge in [-0.1, -0.05) is 0 Å². The Morgan fingerprint density at radius 1 is 1.64 bits per heavy atom. The van der Waals surface area contributed by atoms with Crippen molar-refractivity contribution in [1.29, 1.82) is 5.26 Å². The van der Waals surface area contributed by atoms with Crippen LogP contribution in [-0.2, 0) is 0 Å². The molecule has 0 saturated heterocycles. The van der Waals surface area contributed by atoms with Crippen molar-refractivity contribution in [2.75, 3.05) is 0 Å². The largest absolute Gasteiger partial charge is 0.476 e. The van der Waals surface area contributed by atoms with E-state index in [0.717, 1.165) is 12.3 Å². The van der Waals surface area contributed by atoms with Gasteiger partial charge in [0, 0.05) is 6.20 Å². The van der Waals surface area contributed by atoms with Crippen molar-refractivity contribution in [3.63, 3.8) is 0 Å². The Bertz CT molecular complexity index is 412. The van der Waals surface area contributed by atoms with Gasteiger partial charge < -0.3 is 5.11 Å². The van der Waals surface area contributed by atoms with E-state index in [-0.39, 0.29) is 5.56 Å². The summed E-state index contributed by atoms with van der Waals surface area (Å²) in [6.45, 7) is 0. The third-order valence-electron chi connectivity index (χ3n) is 1.48. The summed E-state index contributed by atoms with van der Waals surface area (Å²) in [5.41, 5.74) is -1.55. The van der Waals surface area contributed by atoms with Crippen LogP contribution < -0.4 is 0 Å². The molecule has 1 aromatic heterocycles. The molecule has 0 aliphatic heterocycles. The first-order valence-electron chi connectivity index (χ1n) is 3.47. The number of carbonyl (C=O) groups is 1. The van der Waals surface area contributed by atoms with Crippen molar-refractivity contribution in [3.05, 3.63) is 29.1 Å². The lowest BCUT2D eigenvalue weighted by Crippen LogP contribution is -2.06. The number of nitrogens with zero attached hydrogens (tertiary/aromatic N) is 2. The van der Waals surface area contributed by atoms with Crippen LogP contribution in [0.1, 0.15) is 28.0 Å². The van der Waals surface area contributed by atoms with Crippen molar-refractivity contribution in [1.82, 2.24) is 4.98 Å². The SMILES string of the molecule is N#Cc1cnc(C(=O)O)c(C(F)F)c1. The van der Waals surface area contributed by atoms with Gasteiger partial charge >= 0.3 is 5.97 Å². The second-order valence-corrected chi connectivity index (χ2v) is 2.38. The van der Waals surface area contributed by atoms with Crippen molar-refractivity contribution in [3.8, 4) is 6.07 Å². The maximum atomic E-state index is 12.3. The molecule has 0 aliphatic carbocycles. The van der Waals surface area contributed by atoms with Gasteiger partial charge in [0.25, 0.3) is 6.43 Å². The van der Waals surface area contributed by atoms with Gasteiger partial charge in [0.2, 0.25) is 0 Å². The Balaban J connectivity index is 3.33. The lowest BCUT2D eigenvalue weighted by Gasteiger charge is -2.03. The zero-order valence-corrected chi connectivity index (χ0v) is 6.74. The number of carboxylic acids is 1. The number of carboxylic acid groups (broad SMARTS) is 1. The summed E-state index contributed by atoms with van der Waals surface area (Å²) in [7, 11) is 0. The number of aromatic carboxylic acids is 1. The maximum absolute atomic E-state index is 12.3. The van der Waals surface area contributed by atoms with Gasteiger partial charge in [0.15, 0.2) is 5.69 Å². The fourth-order valence-corrected chi connectivity index (χ4v) is 0.888. The molecule has 0 amide bonds. The molecule has 0 bridgehead atoms. The first-order valence-corrected chi connectivity index (χ1v) is 3.47. The molecule has 6 heteroatoms. The van der Waals surface area contributed by atoms with Crippen LogP contribution in [0.25, 0.3) is 0 Å². The van der Waals surface area contributed by atoms with E-state index in [1.807, 2.05) is 0 Å². The minimum absolute atomic E-state index is 0.0923. The zero-order chi connectivity index (χ0) is 10.7. The maximum Gasteiger partial charge on any atom is 0.354 e. The molecular weight excluding hydrogens is 194 g/mol. The molecule has 0 aliphatic rings. The number of nitriles is 1. The molecule has 14 heavy (non-hydrogen) atoms. The highest BCUT2D eigenvalue weighted by Gasteiger charge is 2.19. The van der Waals surface area contributed by atoms with Crippen LogP contribution in [0.3, 0.4) is 0 Å². The van der Waals surface area contributed by atoms with Gasteiger partial charge in [-0.25, -0.2) is 18.6 Å². The van der Waals surface area contributed by atoms with E-state index in [9.17, 15) is 13.6 Å². The smallest absolute Gasteiger partial charge is 0.354 e. The molecule has 0 radical (unpaired) electrons. The predicted molar refractivity (Wildman–Crippen MR) is 40.9 cm³/mol. The first kappa shape index (κ1) is 10.1. The van der Waals surface area contributed by atoms with Crippen LogP contribution in [0, 0.1) is 11.3 Å². The molecule has 4 nitrogen and oxygen atoms in total. The van der Waals surface area contributed by atoms with E-state index < -0.39 is 23.7 Å². The van der Waals surface area contributed by atoms with Crippen molar-refractivity contribution in [2.24, 2.45) is 0 Å². The highest BCUT2D eigenvalue weighted by molar-refractivity contribution is 5.87. The third-order valence-corrected chi connectivity index (χ3v) is 1.48. The van der Waals surface area contributed by atoms with E-state index in [2.05, 4.69) is 4.98 Å². The second kappa shape index (κ2) is 3.79. The molecule has 72 valence electrons. The molecule has 0 unspecified atom stereocenters. The van der Waals surface area contributed by atoms with Crippen molar-refractivity contribution in [2.45, 2.75) is 6.43 Å². The van der Waals surface area contributed by atoms with Crippen molar-refractivity contribution < 1.29 is 18.7 Å². The standard InChI is InChI=1S/C8H4F2N2O2/c9-7(10)5-1-4(2-11)3-12-6(5)8(13)14/h1,3,7H,(H,13,14). The Kier molecular flexibility index (Phi) is 2.72. The van der Waals surface area contributed by atoms with Crippen LogP contribution in [0.4, 0.5) is 8.78 Å². The zero-order valence-electron chi connectivity index (χ0n) is 6.74. The molecule has 0 aromatic carbocycles. The summed E-state index contributed by atoms with van der Waals surface area (Å²) < 4.78 is 24.6. The van der Waals surface area contributed by atoms with Crippen LogP contribution in [-0.4, -0.2) is 16.1 Å². The number of hydrogen-bond acceptors (Lipinski definition) is 3. The van der Waals surface area contributed by atoms with E-state index in [0.29, 0.717) is 0 Å². The average molecular weight is 198 g/mol. The minimum atomic E-state index is -2.96. The molecule has 0 atom stereocenters. The summed E-state index contributed by atoms with van der Waals surface area (Å²) >= 11 is 0. The van der Waals surface area contributed by atoms with E-state index in [1.165, 1.54) is 0 Å². The number of hydrogen-bond donors (Lipinski definition) is 1. The fraction of sp³-hybridized carbons (Fsp3) is 0.125. The van der Waals surface area contributed by atoms with E-state index in [4.69, 9.17) is 10.4 Å². The van der Waals surface area contributed by atoms with Crippen molar-refractivity contribution >= 4 is 5.97 Å². The van der Waals surface area contributed by atoms with Gasteiger partial charge in [-0.05, 0) is 6.07 Å². The predicted octanol–water partition coefficient (Wildman–Crippen LogP) is 1.59. The van der Waals surface area contributed by atoms with E-state index in [1.54, 1.807) is 6.07 Å². The third kappa shape index (κ3) is 1.82. The molecule has 0 fully saturated rings. The quantitative estimate of drug-likeness (QED) is 0.782. The van der Waals surface area contributed by atoms with Gasteiger partial charge in [-0.3, -0.25) is 0 Å². The second-order valence-electron chi connectivity index (χ2n) is 2.38. The highest BCUT2D eigenvalue weighted by atomic mass is 19.3. The topological polar surface area (TPSA) is 74.0 Å². The summed E-state index contributed by atoms with van der Waals surface area (Å²) in [6.07, 6.45) is -2.02. The summed E-state index contributed by atoms with van der Waals surface area (Å²) in [5.74, 6) is -1.54. The molecule has 0 spiro atoms. The molecule has 1 rings (SSSR count). The normalized spacial score (nSPS) is 9.86. The van der Waals surface area contributed by atoms with Gasteiger partial charge in [-0.15, -0.1) is 0 Å². The number of aromatic nitrogens is 1. The summed E-state index contributed by atoms with van der Waals surface area (Å²) in [4.78, 5) is 13.7. The van der Waals surface area contributed by atoms with Gasteiger partial charge in [0.1, 0.15) is 6.07 Å². The van der Waals surface area contributed by atoms with Crippen LogP contribution >= 0.6 is 0 Å². The molecular formula is C8H4F2N2O2. The van der Waals surface area contributed by atoms with Crippen LogP contribution in [0.2, 0.25) is 0 Å². The van der Waals surface area contributed by atoms with Crippen LogP contribution in [0.5, 0.6) is 0 Å². The fourth-order valence-electron chi connectivity index (χ4n) is 0.888. The minimum Gasteiger partial charge on any atom is -0.476 e. The Labute approximate surface area is 77.4 Å². The monoisotopic (exact) mass is 198 g/mol. The lowest BCUT2D eigenvalue weighted by atomic mass is 10.1. The van der Waals surface area contributed by atoms with Gasteiger partial charge in [-0.2, -0.15) is 5.26 Å². The van der Waals surface area contributed by atoms with E-state index >= 15 is 0 Å². The Hall–Kier alpha value is -2.03. The lowest BCUT2D eigenvalue weighted by molar-refractivity contribution is 0.0677. The number of halogens is 2. The van der Waals surface area contributed by atoms with Gasteiger partial charge in [0.05, 0.1) is 11.1 Å². The molecule has 0 saturated carbocycles. The number of pyridine rings is 1. The molecule has 1 N–H and O–H groups in total. The highest BCUT2D eigenvalue weighted by Crippen LogP contribution is 2.22.